The minimum absolute atomic E-state index is 0.148. The van der Waals surface area contributed by atoms with Gasteiger partial charge in [-0.2, -0.15) is 9.97 Å². The highest BCUT2D eigenvalue weighted by Crippen LogP contribution is 2.47. The number of hydrogen-bond acceptors (Lipinski definition) is 10. The molecule has 42 heavy (non-hydrogen) atoms. The van der Waals surface area contributed by atoms with Crippen molar-refractivity contribution in [1.29, 1.82) is 0 Å². The number of furan rings is 1. The van der Waals surface area contributed by atoms with Gasteiger partial charge >= 0.3 is 0 Å². The van der Waals surface area contributed by atoms with Gasteiger partial charge in [-0.1, -0.05) is 12.1 Å². The number of aromatic nitrogens is 2. The Balaban J connectivity index is 1.55. The van der Waals surface area contributed by atoms with Crippen LogP contribution in [0.5, 0.6) is 11.8 Å². The zero-order chi connectivity index (χ0) is 30.7. The zero-order valence-corrected chi connectivity index (χ0v) is 25.8. The van der Waals surface area contributed by atoms with Crippen LogP contribution in [-0.2, 0) is 22.4 Å². The molecule has 0 saturated carbocycles. The number of fused-ring (bicyclic) bond motifs is 1. The molecule has 1 aliphatic heterocycles. The van der Waals surface area contributed by atoms with Crippen molar-refractivity contribution in [2.75, 3.05) is 50.6 Å². The van der Waals surface area contributed by atoms with Gasteiger partial charge in [-0.3, -0.25) is 4.79 Å². The lowest BCUT2D eigenvalue weighted by atomic mass is 9.86. The van der Waals surface area contributed by atoms with E-state index < -0.39 is 11.5 Å². The first-order valence-corrected chi connectivity index (χ1v) is 14.3. The molecule has 0 atom stereocenters. The average molecular weight is 581 g/mol. The molecular weight excluding hydrogens is 536 g/mol. The molecule has 4 rings (SSSR count). The van der Waals surface area contributed by atoms with Crippen LogP contribution >= 0.6 is 0 Å². The molecule has 0 aliphatic carbocycles. The summed E-state index contributed by atoms with van der Waals surface area (Å²) in [5.41, 5.74) is 15.5. The van der Waals surface area contributed by atoms with Gasteiger partial charge in [-0.05, 0) is 94.9 Å². The Morgan fingerprint density at radius 3 is 2.07 bits per heavy atom. The summed E-state index contributed by atoms with van der Waals surface area (Å²) >= 11 is 0. The first-order valence-electron chi connectivity index (χ1n) is 14.3. The number of aryl methyl sites for hydroxylation is 1. The number of amides is 1. The highest BCUT2D eigenvalue weighted by Gasteiger charge is 2.43. The molecule has 0 unspecified atom stereocenters. The second kappa shape index (κ2) is 12.7. The fourth-order valence-electron chi connectivity index (χ4n) is 5.47. The lowest BCUT2D eigenvalue weighted by molar-refractivity contribution is -0.105. The predicted octanol–water partition coefficient (Wildman–Crippen LogP) is 4.24. The number of rotatable bonds is 13. The van der Waals surface area contributed by atoms with Crippen LogP contribution < -0.4 is 31.2 Å². The third-order valence-electron chi connectivity index (χ3n) is 7.54. The molecule has 0 saturated heterocycles. The van der Waals surface area contributed by atoms with E-state index in [0.29, 0.717) is 44.3 Å². The summed E-state index contributed by atoms with van der Waals surface area (Å²) in [5, 5.41) is 2.81. The molecule has 1 amide bonds. The number of anilines is 2. The lowest BCUT2D eigenvalue weighted by Crippen LogP contribution is -2.30. The molecule has 0 fully saturated rings. The van der Waals surface area contributed by atoms with E-state index in [4.69, 9.17) is 30.1 Å². The van der Waals surface area contributed by atoms with E-state index in [2.05, 4.69) is 62.0 Å². The second-order valence-corrected chi connectivity index (χ2v) is 11.5. The number of carbonyl (C=O) groups excluding carboxylic acids is 1. The highest BCUT2D eigenvalue weighted by molar-refractivity contribution is 6.03. The summed E-state index contributed by atoms with van der Waals surface area (Å²) < 4.78 is 23.4. The van der Waals surface area contributed by atoms with E-state index in [0.717, 1.165) is 24.0 Å². The maximum absolute atomic E-state index is 13.3. The Kier molecular flexibility index (Phi) is 9.44. The van der Waals surface area contributed by atoms with Crippen molar-refractivity contribution in [3.63, 3.8) is 0 Å². The molecule has 11 heteroatoms. The number of carbonyl (C=O) groups is 1. The molecule has 0 radical (unpaired) electrons. The standard InChI is InChI=1S/C31H44N6O5/c1-19-16-22-23(31(4,5)42-30(22,2)3)18-20(19)17-21-10-11-24(41-21)26(38)34-25-27(39-6)35-29(36-28(25)40-7)37(14-8-12-32)15-9-13-33/h10-11,16,18H,8-9,12-15,17,32-33H2,1-7H3,(H,34,38). The Morgan fingerprint density at radius 2 is 1.52 bits per heavy atom. The molecule has 3 aromatic rings. The topological polar surface area (TPSA) is 151 Å². The summed E-state index contributed by atoms with van der Waals surface area (Å²) in [7, 11) is 2.95. The molecule has 228 valence electrons. The summed E-state index contributed by atoms with van der Waals surface area (Å²) in [4.78, 5) is 24.3. The quantitative estimate of drug-likeness (QED) is 0.268. The van der Waals surface area contributed by atoms with Crippen molar-refractivity contribution < 1.29 is 23.4 Å². The number of nitrogens with zero attached hydrogens (tertiary/aromatic N) is 3. The number of ether oxygens (including phenoxy) is 3. The van der Waals surface area contributed by atoms with Gasteiger partial charge in [0.15, 0.2) is 11.4 Å². The van der Waals surface area contributed by atoms with E-state index in [9.17, 15) is 4.79 Å². The van der Waals surface area contributed by atoms with Crippen LogP contribution in [-0.4, -0.2) is 56.3 Å². The van der Waals surface area contributed by atoms with Gasteiger partial charge in [0.25, 0.3) is 5.91 Å². The average Bonchev–Trinajstić information content (AvgIpc) is 3.48. The molecular formula is C31H44N6O5. The normalized spacial score (nSPS) is 14.9. The van der Waals surface area contributed by atoms with Crippen molar-refractivity contribution in [2.24, 2.45) is 11.5 Å². The second-order valence-electron chi connectivity index (χ2n) is 11.5. The molecule has 1 aliphatic rings. The lowest BCUT2D eigenvalue weighted by Gasteiger charge is -2.24. The fraction of sp³-hybridized carbons (Fsp3) is 0.516. The van der Waals surface area contributed by atoms with E-state index >= 15 is 0 Å². The van der Waals surface area contributed by atoms with Crippen molar-refractivity contribution in [3.8, 4) is 11.8 Å². The van der Waals surface area contributed by atoms with Crippen molar-refractivity contribution in [2.45, 2.75) is 65.1 Å². The predicted molar refractivity (Wildman–Crippen MR) is 162 cm³/mol. The number of nitrogens with two attached hydrogens (primary N) is 2. The molecule has 0 bridgehead atoms. The molecule has 3 heterocycles. The number of nitrogens with one attached hydrogen (secondary N) is 1. The van der Waals surface area contributed by atoms with Crippen LogP contribution in [0.2, 0.25) is 0 Å². The smallest absolute Gasteiger partial charge is 0.291 e. The van der Waals surface area contributed by atoms with E-state index in [1.807, 2.05) is 11.0 Å². The molecule has 11 nitrogen and oxygen atoms in total. The summed E-state index contributed by atoms with van der Waals surface area (Å²) in [6, 6.07) is 7.86. The minimum Gasteiger partial charge on any atom is -0.479 e. The molecule has 1 aromatic carbocycles. The van der Waals surface area contributed by atoms with E-state index in [1.165, 1.54) is 25.3 Å². The fourth-order valence-corrected chi connectivity index (χ4v) is 5.47. The van der Waals surface area contributed by atoms with Crippen LogP contribution in [0, 0.1) is 6.92 Å². The Labute approximate surface area is 247 Å². The van der Waals surface area contributed by atoms with Crippen molar-refractivity contribution in [3.05, 3.63) is 58.0 Å². The maximum atomic E-state index is 13.3. The van der Waals surface area contributed by atoms with Gasteiger partial charge in [-0.15, -0.1) is 0 Å². The van der Waals surface area contributed by atoms with E-state index in [1.54, 1.807) is 6.07 Å². The third kappa shape index (κ3) is 6.53. The van der Waals surface area contributed by atoms with Crippen LogP contribution in [0.1, 0.15) is 79.1 Å². The zero-order valence-electron chi connectivity index (χ0n) is 25.8. The van der Waals surface area contributed by atoms with Crippen LogP contribution in [0.25, 0.3) is 0 Å². The summed E-state index contributed by atoms with van der Waals surface area (Å²) in [6.07, 6.45) is 2.05. The molecule has 0 spiro atoms. The van der Waals surface area contributed by atoms with Gasteiger partial charge in [0, 0.05) is 19.5 Å². The number of hydrogen-bond donors (Lipinski definition) is 3. The van der Waals surface area contributed by atoms with Gasteiger partial charge in [0.05, 0.1) is 25.4 Å². The molecule has 2 aromatic heterocycles. The Bertz CT molecular complexity index is 1380. The number of benzene rings is 1. The van der Waals surface area contributed by atoms with E-state index in [-0.39, 0.29) is 28.8 Å². The SMILES string of the molecule is COc1nc(N(CCCN)CCCN)nc(OC)c1NC(=O)c1ccc(Cc2cc3c(cc2C)C(C)(C)OC3(C)C)o1. The maximum Gasteiger partial charge on any atom is 0.291 e. The first kappa shape index (κ1) is 31.3. The monoisotopic (exact) mass is 580 g/mol. The number of methoxy groups -OCH3 is 2. The summed E-state index contributed by atoms with van der Waals surface area (Å²) in [5.74, 6) is 1.09. The van der Waals surface area contributed by atoms with Gasteiger partial charge in [0.1, 0.15) is 5.76 Å². The Morgan fingerprint density at radius 1 is 0.952 bits per heavy atom. The van der Waals surface area contributed by atoms with Crippen molar-refractivity contribution in [1.82, 2.24) is 9.97 Å². The van der Waals surface area contributed by atoms with Gasteiger partial charge in [0.2, 0.25) is 17.7 Å². The van der Waals surface area contributed by atoms with Gasteiger partial charge in [-0.25, -0.2) is 0 Å². The minimum atomic E-state index is -0.473. The first-order chi connectivity index (χ1) is 19.9. The third-order valence-corrected chi connectivity index (χ3v) is 7.54. The highest BCUT2D eigenvalue weighted by atomic mass is 16.5. The largest absolute Gasteiger partial charge is 0.479 e. The van der Waals surface area contributed by atoms with Gasteiger partial charge < -0.3 is 40.3 Å². The van der Waals surface area contributed by atoms with Crippen LogP contribution in [0.3, 0.4) is 0 Å². The Hall–Kier alpha value is -3.67. The van der Waals surface area contributed by atoms with Crippen LogP contribution in [0.4, 0.5) is 11.6 Å². The van der Waals surface area contributed by atoms with Crippen LogP contribution in [0.15, 0.2) is 28.7 Å². The summed E-state index contributed by atoms with van der Waals surface area (Å²) in [6.45, 7) is 12.8. The molecule has 5 N–H and O–H groups in total. The van der Waals surface area contributed by atoms with Crippen molar-refractivity contribution >= 4 is 17.5 Å².